The molecule has 0 fully saturated rings. The van der Waals surface area contributed by atoms with Crippen molar-refractivity contribution in [3.8, 4) is 11.1 Å². The average Bonchev–Trinajstić information content (AvgIpc) is 2.90. The van der Waals surface area contributed by atoms with Crippen molar-refractivity contribution >= 4 is 5.69 Å². The Hall–Kier alpha value is -3.88. The molecule has 3 unspecified atom stereocenters. The number of nitrogen functional groups attached to an aromatic ring is 1. The SMILES string of the molecule is CC1=CC(C(c2ccccc2)(c2ccc(-c3ccccc3)cc2)c2cc(C)ccc2N)C(N)C=C1. The number of benzene rings is 4. The fourth-order valence-electron chi connectivity index (χ4n) is 5.56. The lowest BCUT2D eigenvalue weighted by molar-refractivity contribution is 0.407. The van der Waals surface area contributed by atoms with E-state index in [2.05, 4.69) is 123 Å². The third-order valence-electron chi connectivity index (χ3n) is 7.25. The Morgan fingerprint density at radius 2 is 1.29 bits per heavy atom. The zero-order chi connectivity index (χ0) is 24.4. The van der Waals surface area contributed by atoms with Gasteiger partial charge in [-0.2, -0.15) is 0 Å². The molecule has 35 heavy (non-hydrogen) atoms. The second-order valence-electron chi connectivity index (χ2n) is 9.58. The van der Waals surface area contributed by atoms with E-state index in [1.54, 1.807) is 0 Å². The van der Waals surface area contributed by atoms with Crippen molar-refractivity contribution in [3.63, 3.8) is 0 Å². The van der Waals surface area contributed by atoms with Crippen LogP contribution in [0.3, 0.4) is 0 Å². The lowest BCUT2D eigenvalue weighted by Gasteiger charge is -2.45. The zero-order valence-corrected chi connectivity index (χ0v) is 20.4. The molecule has 4 aromatic rings. The first kappa shape index (κ1) is 22.9. The van der Waals surface area contributed by atoms with Crippen LogP contribution < -0.4 is 11.5 Å². The van der Waals surface area contributed by atoms with Crippen molar-refractivity contribution in [2.45, 2.75) is 25.3 Å². The second-order valence-corrected chi connectivity index (χ2v) is 9.58. The van der Waals surface area contributed by atoms with Gasteiger partial charge in [0.2, 0.25) is 0 Å². The summed E-state index contributed by atoms with van der Waals surface area (Å²) < 4.78 is 0. The highest BCUT2D eigenvalue weighted by atomic mass is 14.7. The quantitative estimate of drug-likeness (QED) is 0.250. The van der Waals surface area contributed by atoms with E-state index in [0.717, 1.165) is 11.3 Å². The van der Waals surface area contributed by atoms with Gasteiger partial charge in [0.05, 0.1) is 5.41 Å². The number of anilines is 1. The standard InChI is InChI=1S/C33H32N2/c1-23-13-19-31(34)29(21-23)33(27-11-7-4-8-12-27,30-22-24(2)14-20-32(30)35)28-17-15-26(16-18-28)25-9-5-3-6-10-25/h3-22,29,31H,34-35H2,1-2H3. The minimum atomic E-state index is -0.558. The van der Waals surface area contributed by atoms with Crippen molar-refractivity contribution in [3.05, 3.63) is 149 Å². The predicted molar refractivity (Wildman–Crippen MR) is 148 cm³/mol. The summed E-state index contributed by atoms with van der Waals surface area (Å²) in [5, 5.41) is 0. The van der Waals surface area contributed by atoms with Gasteiger partial charge in [0.25, 0.3) is 0 Å². The minimum absolute atomic E-state index is 0.0124. The van der Waals surface area contributed by atoms with Gasteiger partial charge < -0.3 is 11.5 Å². The molecule has 1 aliphatic carbocycles. The molecule has 174 valence electrons. The van der Waals surface area contributed by atoms with Gasteiger partial charge in [-0.15, -0.1) is 0 Å². The van der Waals surface area contributed by atoms with E-state index in [-0.39, 0.29) is 12.0 Å². The van der Waals surface area contributed by atoms with E-state index >= 15 is 0 Å². The lowest BCUT2D eigenvalue weighted by Crippen LogP contribution is -2.47. The zero-order valence-electron chi connectivity index (χ0n) is 20.4. The molecule has 0 radical (unpaired) electrons. The summed E-state index contributed by atoms with van der Waals surface area (Å²) in [4.78, 5) is 0. The molecule has 3 atom stereocenters. The third kappa shape index (κ3) is 4.11. The first-order valence-electron chi connectivity index (χ1n) is 12.2. The van der Waals surface area contributed by atoms with Crippen LogP contribution in [0.4, 0.5) is 5.69 Å². The lowest BCUT2D eigenvalue weighted by atomic mass is 9.58. The summed E-state index contributed by atoms with van der Waals surface area (Å²) in [6.45, 7) is 4.27. The van der Waals surface area contributed by atoms with Crippen LogP contribution in [0.5, 0.6) is 0 Å². The molecule has 2 heteroatoms. The Bertz CT molecular complexity index is 1370. The molecule has 0 aromatic heterocycles. The summed E-state index contributed by atoms with van der Waals surface area (Å²) >= 11 is 0. The predicted octanol–water partition coefficient (Wildman–Crippen LogP) is 7.04. The van der Waals surface area contributed by atoms with Crippen LogP contribution in [-0.4, -0.2) is 6.04 Å². The maximum Gasteiger partial charge on any atom is 0.0552 e. The van der Waals surface area contributed by atoms with Crippen molar-refractivity contribution in [1.82, 2.24) is 0 Å². The fraction of sp³-hybridized carbons (Fsp3) is 0.152. The first-order valence-corrected chi connectivity index (χ1v) is 12.2. The van der Waals surface area contributed by atoms with Gasteiger partial charge in [-0.05, 0) is 47.7 Å². The molecule has 0 aliphatic heterocycles. The summed E-state index contributed by atoms with van der Waals surface area (Å²) in [6, 6.07) is 36.3. The van der Waals surface area contributed by atoms with Crippen LogP contribution >= 0.6 is 0 Å². The molecule has 0 saturated carbocycles. The molecule has 0 spiro atoms. The van der Waals surface area contributed by atoms with Gasteiger partial charge in [0.1, 0.15) is 0 Å². The van der Waals surface area contributed by atoms with Gasteiger partial charge in [-0.1, -0.05) is 126 Å². The first-order chi connectivity index (χ1) is 17.0. The van der Waals surface area contributed by atoms with Gasteiger partial charge in [-0.25, -0.2) is 0 Å². The molecular formula is C33H32N2. The van der Waals surface area contributed by atoms with Crippen LogP contribution in [0.1, 0.15) is 29.2 Å². The third-order valence-corrected chi connectivity index (χ3v) is 7.25. The molecule has 0 heterocycles. The molecule has 0 amide bonds. The van der Waals surface area contributed by atoms with Gasteiger partial charge in [0.15, 0.2) is 0 Å². The number of rotatable bonds is 5. The van der Waals surface area contributed by atoms with E-state index in [0.29, 0.717) is 0 Å². The van der Waals surface area contributed by atoms with Crippen LogP contribution in [0.25, 0.3) is 11.1 Å². The molecule has 4 N–H and O–H groups in total. The molecule has 4 aromatic carbocycles. The molecule has 0 bridgehead atoms. The van der Waals surface area contributed by atoms with E-state index in [4.69, 9.17) is 11.5 Å². The van der Waals surface area contributed by atoms with Crippen molar-refractivity contribution in [1.29, 1.82) is 0 Å². The fourth-order valence-corrected chi connectivity index (χ4v) is 5.56. The van der Waals surface area contributed by atoms with Crippen LogP contribution in [0.2, 0.25) is 0 Å². The van der Waals surface area contributed by atoms with E-state index < -0.39 is 5.41 Å². The molecule has 0 saturated heterocycles. The van der Waals surface area contributed by atoms with E-state index in [1.165, 1.54) is 33.4 Å². The highest BCUT2D eigenvalue weighted by molar-refractivity contribution is 5.67. The van der Waals surface area contributed by atoms with E-state index in [9.17, 15) is 0 Å². The van der Waals surface area contributed by atoms with Gasteiger partial charge in [0, 0.05) is 17.6 Å². The second kappa shape index (κ2) is 9.40. The van der Waals surface area contributed by atoms with Crippen LogP contribution in [-0.2, 0) is 5.41 Å². The smallest absolute Gasteiger partial charge is 0.0552 e. The summed E-state index contributed by atoms with van der Waals surface area (Å²) in [6.07, 6.45) is 6.57. The van der Waals surface area contributed by atoms with Gasteiger partial charge >= 0.3 is 0 Å². The Kier molecular flexibility index (Phi) is 6.15. The Balaban J connectivity index is 1.83. The molecule has 2 nitrogen and oxygen atoms in total. The monoisotopic (exact) mass is 456 g/mol. The van der Waals surface area contributed by atoms with Crippen LogP contribution in [0.15, 0.2) is 127 Å². The topological polar surface area (TPSA) is 52.0 Å². The number of nitrogens with two attached hydrogens (primary N) is 2. The summed E-state index contributed by atoms with van der Waals surface area (Å²) in [5.74, 6) is -0.0124. The number of hydrogen-bond donors (Lipinski definition) is 2. The molecular weight excluding hydrogens is 424 g/mol. The maximum atomic E-state index is 6.88. The Labute approximate surface area is 208 Å². The van der Waals surface area contributed by atoms with Crippen molar-refractivity contribution in [2.75, 3.05) is 5.73 Å². The minimum Gasteiger partial charge on any atom is -0.398 e. The highest BCUT2D eigenvalue weighted by Gasteiger charge is 2.46. The van der Waals surface area contributed by atoms with Crippen LogP contribution in [0, 0.1) is 12.8 Å². The Morgan fingerprint density at radius 1 is 0.686 bits per heavy atom. The summed E-state index contributed by atoms with van der Waals surface area (Å²) in [7, 11) is 0. The van der Waals surface area contributed by atoms with Crippen molar-refractivity contribution in [2.24, 2.45) is 11.7 Å². The largest absolute Gasteiger partial charge is 0.398 e. The Morgan fingerprint density at radius 3 is 1.97 bits per heavy atom. The normalized spacial score (nSPS) is 19.1. The van der Waals surface area contributed by atoms with Crippen molar-refractivity contribution < 1.29 is 0 Å². The summed E-state index contributed by atoms with van der Waals surface area (Å²) in [5.41, 5.74) is 22.1. The number of aryl methyl sites for hydroxylation is 1. The van der Waals surface area contributed by atoms with E-state index in [1.807, 2.05) is 12.1 Å². The van der Waals surface area contributed by atoms with Gasteiger partial charge in [-0.3, -0.25) is 0 Å². The number of hydrogen-bond acceptors (Lipinski definition) is 2. The average molecular weight is 457 g/mol. The molecule has 5 rings (SSSR count). The molecule has 1 aliphatic rings. The number of allylic oxidation sites excluding steroid dienone is 2. The maximum absolute atomic E-state index is 6.88. The highest BCUT2D eigenvalue weighted by Crippen LogP contribution is 2.50.